The van der Waals surface area contributed by atoms with Crippen LogP contribution in [-0.2, 0) is 0 Å². The Morgan fingerprint density at radius 2 is 1.52 bits per heavy atom. The highest BCUT2D eigenvalue weighted by molar-refractivity contribution is 6.02. The summed E-state index contributed by atoms with van der Waals surface area (Å²) in [6.45, 7) is 4.63. The molecule has 0 aromatic carbocycles. The molecule has 0 radical (unpaired) electrons. The van der Waals surface area contributed by atoms with Crippen molar-refractivity contribution in [2.45, 2.75) is 25.7 Å². The van der Waals surface area contributed by atoms with E-state index in [-0.39, 0.29) is 11.8 Å². The molecule has 144 valence electrons. The van der Waals surface area contributed by atoms with Crippen LogP contribution < -0.4 is 0 Å². The van der Waals surface area contributed by atoms with E-state index >= 15 is 0 Å². The molecule has 2 saturated heterocycles. The molecular formula is C20H27N5O2. The van der Waals surface area contributed by atoms with E-state index in [0.29, 0.717) is 30.1 Å². The number of likely N-dealkylation sites (tertiary alicyclic amines) is 1. The van der Waals surface area contributed by atoms with Crippen LogP contribution in [-0.4, -0.2) is 82.2 Å². The number of hydrogen-bond acceptors (Lipinski definition) is 4. The molecule has 0 bridgehead atoms. The Balaban J connectivity index is 1.66. The summed E-state index contributed by atoms with van der Waals surface area (Å²) in [6, 6.07) is 5.63. The number of nitrogens with zero attached hydrogens (tertiary/aromatic N) is 5. The molecule has 0 saturated carbocycles. The van der Waals surface area contributed by atoms with E-state index in [0.717, 1.165) is 39.0 Å². The van der Waals surface area contributed by atoms with Crippen LogP contribution >= 0.6 is 0 Å². The number of amides is 2. The number of aromatic nitrogens is 2. The van der Waals surface area contributed by atoms with Gasteiger partial charge in [0.2, 0.25) is 5.82 Å². The number of imidazole rings is 1. The van der Waals surface area contributed by atoms with Gasteiger partial charge >= 0.3 is 0 Å². The molecule has 2 aromatic rings. The Labute approximate surface area is 159 Å². The molecule has 7 heteroatoms. The molecule has 7 nitrogen and oxygen atoms in total. The Morgan fingerprint density at radius 1 is 0.852 bits per heavy atom. The fourth-order valence-electron chi connectivity index (χ4n) is 3.92. The zero-order chi connectivity index (χ0) is 18.8. The van der Waals surface area contributed by atoms with Crippen molar-refractivity contribution in [3.05, 3.63) is 35.9 Å². The molecule has 2 amide bonds. The van der Waals surface area contributed by atoms with Gasteiger partial charge in [0.1, 0.15) is 0 Å². The second kappa shape index (κ2) is 7.68. The van der Waals surface area contributed by atoms with Crippen LogP contribution in [0, 0.1) is 0 Å². The Kier molecular flexibility index (Phi) is 5.11. The molecule has 0 N–H and O–H groups in total. The van der Waals surface area contributed by atoms with Crippen molar-refractivity contribution in [3.63, 3.8) is 0 Å². The first-order valence-corrected chi connectivity index (χ1v) is 9.89. The van der Waals surface area contributed by atoms with Gasteiger partial charge in [-0.15, -0.1) is 0 Å². The number of carbonyl (C=O) groups excluding carboxylic acids is 2. The first kappa shape index (κ1) is 18.0. The largest absolute Gasteiger partial charge is 0.336 e. The van der Waals surface area contributed by atoms with E-state index in [4.69, 9.17) is 0 Å². The zero-order valence-electron chi connectivity index (χ0n) is 15.9. The third-order valence-corrected chi connectivity index (χ3v) is 5.63. The highest BCUT2D eigenvalue weighted by Gasteiger charge is 2.28. The van der Waals surface area contributed by atoms with Crippen LogP contribution in [0.2, 0.25) is 0 Å². The Bertz CT molecular complexity index is 830. The molecule has 2 aliphatic rings. The molecule has 2 aromatic heterocycles. The Hall–Kier alpha value is -2.41. The van der Waals surface area contributed by atoms with Crippen LogP contribution in [0.4, 0.5) is 0 Å². The van der Waals surface area contributed by atoms with Crippen LogP contribution in [0.25, 0.3) is 5.52 Å². The molecular weight excluding hydrogens is 342 g/mol. The van der Waals surface area contributed by atoms with Crippen molar-refractivity contribution in [1.82, 2.24) is 24.1 Å². The van der Waals surface area contributed by atoms with Gasteiger partial charge in [0.25, 0.3) is 11.8 Å². The average molecular weight is 369 g/mol. The highest BCUT2D eigenvalue weighted by atomic mass is 16.2. The molecule has 0 unspecified atom stereocenters. The van der Waals surface area contributed by atoms with Gasteiger partial charge in [-0.05, 0) is 32.0 Å². The van der Waals surface area contributed by atoms with Gasteiger partial charge in [-0.25, -0.2) is 4.98 Å². The summed E-state index contributed by atoms with van der Waals surface area (Å²) in [7, 11) is 2.06. The summed E-state index contributed by atoms with van der Waals surface area (Å²) in [6.07, 6.45) is 6.22. The molecule has 0 atom stereocenters. The maximum absolute atomic E-state index is 13.1. The summed E-state index contributed by atoms with van der Waals surface area (Å²) in [5.41, 5.74) is 1.10. The van der Waals surface area contributed by atoms with Gasteiger partial charge in [-0.1, -0.05) is 18.9 Å². The molecule has 2 aliphatic heterocycles. The van der Waals surface area contributed by atoms with E-state index in [9.17, 15) is 9.59 Å². The summed E-state index contributed by atoms with van der Waals surface area (Å²) >= 11 is 0. The number of carbonyl (C=O) groups is 2. The average Bonchev–Trinajstić information content (AvgIpc) is 2.87. The second-order valence-corrected chi connectivity index (χ2v) is 7.54. The van der Waals surface area contributed by atoms with Gasteiger partial charge in [0.15, 0.2) is 5.69 Å². The predicted octanol–water partition coefficient (Wildman–Crippen LogP) is 1.74. The summed E-state index contributed by atoms with van der Waals surface area (Å²) in [4.78, 5) is 36.7. The van der Waals surface area contributed by atoms with E-state index < -0.39 is 0 Å². The molecule has 0 spiro atoms. The Morgan fingerprint density at radius 3 is 2.22 bits per heavy atom. The standard InChI is InChI=1S/C20H27N5O2/c1-22-12-14-24(15-13-22)19(26)17-16-8-4-7-11-25(16)18(21-17)20(27)23-9-5-2-3-6-10-23/h4,7-8,11H,2-3,5-6,9-10,12-15H2,1H3. The maximum Gasteiger partial charge on any atom is 0.290 e. The first-order chi connectivity index (χ1) is 13.1. The van der Waals surface area contributed by atoms with Gasteiger partial charge in [0.05, 0.1) is 5.52 Å². The number of fused-ring (bicyclic) bond motifs is 1. The van der Waals surface area contributed by atoms with Crippen molar-refractivity contribution >= 4 is 17.3 Å². The lowest BCUT2D eigenvalue weighted by Gasteiger charge is -2.32. The van der Waals surface area contributed by atoms with Crippen molar-refractivity contribution in [3.8, 4) is 0 Å². The van der Waals surface area contributed by atoms with E-state index in [1.807, 2.05) is 34.2 Å². The minimum absolute atomic E-state index is 0.0736. The van der Waals surface area contributed by atoms with Crippen LogP contribution in [0.3, 0.4) is 0 Å². The van der Waals surface area contributed by atoms with Crippen molar-refractivity contribution in [1.29, 1.82) is 0 Å². The lowest BCUT2D eigenvalue weighted by Crippen LogP contribution is -2.47. The molecule has 27 heavy (non-hydrogen) atoms. The minimum Gasteiger partial charge on any atom is -0.336 e. The van der Waals surface area contributed by atoms with Crippen molar-refractivity contribution in [2.24, 2.45) is 0 Å². The highest BCUT2D eigenvalue weighted by Crippen LogP contribution is 2.19. The van der Waals surface area contributed by atoms with Crippen LogP contribution in [0.5, 0.6) is 0 Å². The van der Waals surface area contributed by atoms with E-state index in [1.165, 1.54) is 12.8 Å². The van der Waals surface area contributed by atoms with Crippen molar-refractivity contribution in [2.75, 3.05) is 46.3 Å². The van der Waals surface area contributed by atoms with Gasteiger partial charge < -0.3 is 14.7 Å². The summed E-state index contributed by atoms with van der Waals surface area (Å²) in [5.74, 6) is 0.197. The van der Waals surface area contributed by atoms with Gasteiger partial charge in [0, 0.05) is 45.5 Å². The predicted molar refractivity (Wildman–Crippen MR) is 103 cm³/mol. The van der Waals surface area contributed by atoms with Crippen molar-refractivity contribution < 1.29 is 9.59 Å². The van der Waals surface area contributed by atoms with Gasteiger partial charge in [-0.3, -0.25) is 14.0 Å². The summed E-state index contributed by atoms with van der Waals surface area (Å²) < 4.78 is 1.77. The fraction of sp³-hybridized carbons (Fsp3) is 0.550. The quantitative estimate of drug-likeness (QED) is 0.809. The fourth-order valence-corrected chi connectivity index (χ4v) is 3.92. The maximum atomic E-state index is 13.1. The third-order valence-electron chi connectivity index (χ3n) is 5.63. The third kappa shape index (κ3) is 3.56. The van der Waals surface area contributed by atoms with Crippen LogP contribution in [0.15, 0.2) is 24.4 Å². The van der Waals surface area contributed by atoms with E-state index in [2.05, 4.69) is 16.9 Å². The topological polar surface area (TPSA) is 61.2 Å². The minimum atomic E-state index is -0.0817. The zero-order valence-corrected chi connectivity index (χ0v) is 15.9. The van der Waals surface area contributed by atoms with Gasteiger partial charge in [-0.2, -0.15) is 0 Å². The lowest BCUT2D eigenvalue weighted by atomic mass is 10.2. The summed E-state index contributed by atoms with van der Waals surface area (Å²) in [5, 5.41) is 0. The lowest BCUT2D eigenvalue weighted by molar-refractivity contribution is 0.0660. The number of hydrogen-bond donors (Lipinski definition) is 0. The number of pyridine rings is 1. The molecule has 4 heterocycles. The van der Waals surface area contributed by atoms with E-state index in [1.54, 1.807) is 4.40 Å². The molecule has 2 fully saturated rings. The SMILES string of the molecule is CN1CCN(C(=O)c2nc(C(=O)N3CCCCCC3)n3ccccc23)CC1. The van der Waals surface area contributed by atoms with Crippen LogP contribution in [0.1, 0.15) is 46.8 Å². The normalized spacial score (nSPS) is 19.3. The number of rotatable bonds is 2. The molecule has 0 aliphatic carbocycles. The second-order valence-electron chi connectivity index (χ2n) is 7.54. The molecule has 4 rings (SSSR count). The number of piperazine rings is 1. The first-order valence-electron chi connectivity index (χ1n) is 9.89. The number of likely N-dealkylation sites (N-methyl/N-ethyl adjacent to an activating group) is 1. The monoisotopic (exact) mass is 369 g/mol. The smallest absolute Gasteiger partial charge is 0.290 e.